The zero-order chi connectivity index (χ0) is 19.8. The van der Waals surface area contributed by atoms with E-state index in [0.29, 0.717) is 23.8 Å². The number of carbonyl (C=O) groups is 1. The van der Waals surface area contributed by atoms with Crippen LogP contribution >= 0.6 is 0 Å². The number of carbonyl (C=O) groups excluding carboxylic acids is 1. The molecule has 0 saturated carbocycles. The van der Waals surface area contributed by atoms with Crippen LogP contribution in [0.4, 0.5) is 0 Å². The van der Waals surface area contributed by atoms with Gasteiger partial charge in [0.25, 0.3) is 5.91 Å². The summed E-state index contributed by atoms with van der Waals surface area (Å²) >= 11 is 0. The zero-order valence-electron chi connectivity index (χ0n) is 15.3. The van der Waals surface area contributed by atoms with Gasteiger partial charge in [0.1, 0.15) is 11.5 Å². The molecule has 0 bridgehead atoms. The van der Waals surface area contributed by atoms with E-state index in [-0.39, 0.29) is 12.4 Å². The molecular weight excluding hydrogens is 360 g/mol. The molecule has 28 heavy (non-hydrogen) atoms. The minimum Gasteiger partial charge on any atom is -0.507 e. The van der Waals surface area contributed by atoms with Gasteiger partial charge in [0.2, 0.25) is 5.88 Å². The summed E-state index contributed by atoms with van der Waals surface area (Å²) in [7, 11) is 0. The van der Waals surface area contributed by atoms with Gasteiger partial charge in [0.15, 0.2) is 6.61 Å². The largest absolute Gasteiger partial charge is 0.507 e. The van der Waals surface area contributed by atoms with Crippen molar-refractivity contribution >= 4 is 12.1 Å². The molecule has 0 spiro atoms. The average Bonchev–Trinajstić information content (AvgIpc) is 3.19. The highest BCUT2D eigenvalue weighted by molar-refractivity contribution is 5.85. The maximum absolute atomic E-state index is 11.9. The molecule has 1 aromatic heterocycles. The molecule has 0 fully saturated rings. The van der Waals surface area contributed by atoms with E-state index in [4.69, 9.17) is 9.47 Å². The number of rotatable bonds is 8. The third-order valence-corrected chi connectivity index (χ3v) is 3.69. The molecule has 144 valence electrons. The maximum Gasteiger partial charge on any atom is 0.278 e. The van der Waals surface area contributed by atoms with Crippen LogP contribution in [0.2, 0.25) is 0 Å². The number of nitrogens with one attached hydrogen (secondary N) is 2. The van der Waals surface area contributed by atoms with Gasteiger partial charge >= 0.3 is 0 Å². The van der Waals surface area contributed by atoms with Gasteiger partial charge in [-0.3, -0.25) is 9.89 Å². The van der Waals surface area contributed by atoms with E-state index < -0.39 is 5.91 Å². The van der Waals surface area contributed by atoms with Crippen LogP contribution in [0.3, 0.4) is 0 Å². The fraction of sp³-hybridized carbons (Fsp3) is 0.150. The Balaban J connectivity index is 1.51. The van der Waals surface area contributed by atoms with Crippen molar-refractivity contribution in [2.24, 2.45) is 5.10 Å². The first kappa shape index (κ1) is 19.0. The predicted molar refractivity (Wildman–Crippen MR) is 105 cm³/mol. The van der Waals surface area contributed by atoms with Gasteiger partial charge < -0.3 is 14.6 Å². The molecule has 3 rings (SSSR count). The first-order valence-electron chi connectivity index (χ1n) is 8.67. The molecule has 0 aliphatic rings. The highest BCUT2D eigenvalue weighted by atomic mass is 16.5. The lowest BCUT2D eigenvalue weighted by molar-refractivity contribution is -0.123. The first-order chi connectivity index (χ1) is 13.7. The van der Waals surface area contributed by atoms with E-state index in [1.807, 2.05) is 37.3 Å². The zero-order valence-corrected chi connectivity index (χ0v) is 15.3. The Kier molecular flexibility index (Phi) is 6.25. The summed E-state index contributed by atoms with van der Waals surface area (Å²) in [6, 6.07) is 16.1. The van der Waals surface area contributed by atoms with Crippen LogP contribution in [-0.2, 0) is 4.79 Å². The van der Waals surface area contributed by atoms with Gasteiger partial charge in [-0.15, -0.1) is 5.10 Å². The second kappa shape index (κ2) is 9.22. The van der Waals surface area contributed by atoms with Crippen molar-refractivity contribution in [3.05, 3.63) is 60.2 Å². The second-order valence-corrected chi connectivity index (χ2v) is 5.72. The molecule has 1 amide bonds. The van der Waals surface area contributed by atoms with E-state index in [1.165, 1.54) is 12.3 Å². The fourth-order valence-electron chi connectivity index (χ4n) is 2.38. The molecule has 0 aliphatic carbocycles. The summed E-state index contributed by atoms with van der Waals surface area (Å²) in [5, 5.41) is 20.5. The number of phenolic OH excluding ortho intramolecular Hbond substituents is 1. The van der Waals surface area contributed by atoms with E-state index >= 15 is 0 Å². The Labute approximate surface area is 161 Å². The third-order valence-electron chi connectivity index (χ3n) is 3.69. The van der Waals surface area contributed by atoms with Gasteiger partial charge in [-0.25, -0.2) is 5.43 Å². The van der Waals surface area contributed by atoms with E-state index in [0.717, 1.165) is 11.3 Å². The first-order valence-corrected chi connectivity index (χ1v) is 8.67. The smallest absolute Gasteiger partial charge is 0.278 e. The second-order valence-electron chi connectivity index (χ2n) is 5.72. The molecule has 3 N–H and O–H groups in total. The van der Waals surface area contributed by atoms with E-state index in [1.54, 1.807) is 18.2 Å². The number of aromatic amines is 1. The van der Waals surface area contributed by atoms with Gasteiger partial charge in [-0.1, -0.05) is 30.3 Å². The molecule has 0 saturated heterocycles. The number of aromatic nitrogens is 2. The maximum atomic E-state index is 11.9. The number of hydrogen-bond acceptors (Lipinski definition) is 6. The Morgan fingerprint density at radius 1 is 1.21 bits per heavy atom. The molecular formula is C20H20N4O4. The number of H-pyrrole nitrogens is 1. The van der Waals surface area contributed by atoms with Gasteiger partial charge in [0, 0.05) is 11.6 Å². The number of aromatic hydroxyl groups is 1. The van der Waals surface area contributed by atoms with Crippen LogP contribution in [-0.4, -0.2) is 40.6 Å². The van der Waals surface area contributed by atoms with Crippen molar-refractivity contribution in [3.8, 4) is 28.6 Å². The van der Waals surface area contributed by atoms with Crippen LogP contribution in [0.25, 0.3) is 11.3 Å². The SMILES string of the molecule is CCOc1ccc(O)c(/C=N/NC(=O)COc2cc(-c3ccccc3)[nH]n2)c1. The summed E-state index contributed by atoms with van der Waals surface area (Å²) in [6.07, 6.45) is 1.33. The van der Waals surface area contributed by atoms with Crippen molar-refractivity contribution < 1.29 is 19.4 Å². The molecule has 8 nitrogen and oxygen atoms in total. The minimum atomic E-state index is -0.457. The molecule has 0 unspecified atom stereocenters. The van der Waals surface area contributed by atoms with Gasteiger partial charge in [0.05, 0.1) is 18.5 Å². The molecule has 0 atom stereocenters. The standard InChI is InChI=1S/C20H20N4O4/c1-2-27-16-8-9-18(25)15(10-16)12-21-23-19(26)13-28-20-11-17(22-24-20)14-6-4-3-5-7-14/h3-12,25H,2,13H2,1H3,(H,22,24)(H,23,26)/b21-12+. The van der Waals surface area contributed by atoms with Crippen molar-refractivity contribution in [2.45, 2.75) is 6.92 Å². The molecule has 1 heterocycles. The molecule has 3 aromatic rings. The summed E-state index contributed by atoms with van der Waals surface area (Å²) in [5.74, 6) is 0.479. The van der Waals surface area contributed by atoms with E-state index in [2.05, 4.69) is 20.7 Å². The Bertz CT molecular complexity index is 954. The summed E-state index contributed by atoms with van der Waals surface area (Å²) in [4.78, 5) is 11.9. The lowest BCUT2D eigenvalue weighted by Crippen LogP contribution is -2.24. The van der Waals surface area contributed by atoms with Crippen molar-refractivity contribution in [1.29, 1.82) is 0 Å². The summed E-state index contributed by atoms with van der Waals surface area (Å²) in [6.45, 7) is 2.12. The predicted octanol–water partition coefficient (Wildman–Crippen LogP) is 2.71. The number of hydrazone groups is 1. The van der Waals surface area contributed by atoms with Gasteiger partial charge in [-0.05, 0) is 30.7 Å². The number of ether oxygens (including phenoxy) is 2. The summed E-state index contributed by atoms with van der Waals surface area (Å²) < 4.78 is 10.7. The Morgan fingerprint density at radius 3 is 2.82 bits per heavy atom. The number of phenols is 1. The van der Waals surface area contributed by atoms with Gasteiger partial charge in [-0.2, -0.15) is 5.10 Å². The third kappa shape index (κ3) is 5.10. The Hall–Kier alpha value is -3.81. The van der Waals surface area contributed by atoms with E-state index in [9.17, 15) is 9.90 Å². The van der Waals surface area contributed by atoms with Crippen LogP contribution in [0.1, 0.15) is 12.5 Å². The highest BCUT2D eigenvalue weighted by Gasteiger charge is 2.07. The van der Waals surface area contributed by atoms with Crippen LogP contribution in [0.5, 0.6) is 17.4 Å². The minimum absolute atomic E-state index is 0.0302. The number of benzene rings is 2. The number of amides is 1. The Morgan fingerprint density at radius 2 is 2.04 bits per heavy atom. The number of hydrogen-bond donors (Lipinski definition) is 3. The van der Waals surface area contributed by atoms with Crippen LogP contribution in [0.15, 0.2) is 59.7 Å². The van der Waals surface area contributed by atoms with Crippen molar-refractivity contribution in [2.75, 3.05) is 13.2 Å². The van der Waals surface area contributed by atoms with Crippen LogP contribution < -0.4 is 14.9 Å². The normalized spacial score (nSPS) is 10.8. The molecule has 8 heteroatoms. The molecule has 2 aromatic carbocycles. The lowest BCUT2D eigenvalue weighted by Gasteiger charge is -2.05. The number of nitrogens with zero attached hydrogens (tertiary/aromatic N) is 2. The molecule has 0 aliphatic heterocycles. The van der Waals surface area contributed by atoms with Crippen molar-refractivity contribution in [1.82, 2.24) is 15.6 Å². The average molecular weight is 380 g/mol. The highest BCUT2D eigenvalue weighted by Crippen LogP contribution is 2.21. The molecule has 0 radical (unpaired) electrons. The topological polar surface area (TPSA) is 109 Å². The van der Waals surface area contributed by atoms with Crippen molar-refractivity contribution in [3.63, 3.8) is 0 Å². The van der Waals surface area contributed by atoms with Crippen LogP contribution in [0, 0.1) is 0 Å². The lowest BCUT2D eigenvalue weighted by atomic mass is 10.2. The fourth-order valence-corrected chi connectivity index (χ4v) is 2.38. The summed E-state index contributed by atoms with van der Waals surface area (Å²) in [5.41, 5.74) is 4.51. The quantitative estimate of drug-likeness (QED) is 0.411. The monoisotopic (exact) mass is 380 g/mol.